The number of fused-ring (bicyclic) bond motifs is 1. The van der Waals surface area contributed by atoms with Crippen LogP contribution in [0, 0.1) is 0 Å². The van der Waals surface area contributed by atoms with Gasteiger partial charge in [-0.1, -0.05) is 26.8 Å². The fourth-order valence-electron chi connectivity index (χ4n) is 4.86. The monoisotopic (exact) mass is 472 g/mol. The molecule has 1 aliphatic carbocycles. The first-order valence-corrected chi connectivity index (χ1v) is 15.2. The molecule has 182 valence electrons. The summed E-state index contributed by atoms with van der Waals surface area (Å²) in [6.07, 6.45) is 4.74. The van der Waals surface area contributed by atoms with Crippen LogP contribution in [0.4, 0.5) is 5.82 Å². The van der Waals surface area contributed by atoms with Crippen molar-refractivity contribution in [3.63, 3.8) is 0 Å². The van der Waals surface area contributed by atoms with E-state index in [-0.39, 0.29) is 22.6 Å². The van der Waals surface area contributed by atoms with E-state index in [1.807, 2.05) is 11.1 Å². The number of amides is 1. The average Bonchev–Trinajstić information content (AvgIpc) is 2.85. The molecule has 3 heterocycles. The van der Waals surface area contributed by atoms with Crippen LogP contribution < -0.4 is 10.4 Å². The predicted molar refractivity (Wildman–Crippen MR) is 135 cm³/mol. The molecule has 33 heavy (non-hydrogen) atoms. The van der Waals surface area contributed by atoms with Crippen molar-refractivity contribution in [2.24, 2.45) is 0 Å². The van der Waals surface area contributed by atoms with Crippen molar-refractivity contribution in [1.82, 2.24) is 4.98 Å². The van der Waals surface area contributed by atoms with Crippen LogP contribution in [0.15, 0.2) is 12.3 Å². The number of nitrogens with zero attached hydrogens (tertiary/aromatic N) is 2. The Morgan fingerprint density at radius 1 is 1.09 bits per heavy atom. The Labute approximate surface area is 201 Å². The lowest BCUT2D eigenvalue weighted by Gasteiger charge is -2.54. The Balaban J connectivity index is 1.51. The molecule has 0 bridgehead atoms. The van der Waals surface area contributed by atoms with E-state index in [1.165, 1.54) is 0 Å². The van der Waals surface area contributed by atoms with Gasteiger partial charge in [0, 0.05) is 24.1 Å². The van der Waals surface area contributed by atoms with Gasteiger partial charge in [-0.15, -0.1) is 0 Å². The quantitative estimate of drug-likeness (QED) is 0.600. The maximum atomic E-state index is 13.0. The first-order valence-electron chi connectivity index (χ1n) is 12.3. The van der Waals surface area contributed by atoms with Gasteiger partial charge in [-0.05, 0) is 77.6 Å². The Morgan fingerprint density at radius 2 is 1.67 bits per heavy atom. The standard InChI is InChI=1S/C25H41BN2O4Si/c1-22(2,3)33(9,10)32-25(8)14-19(15-25)28-20(29)12-11-17-13-18(16-27-21(17)28)26-30-23(4,5)24(6,7)31-26/h13,16,19H,11-12,14-15H2,1-10H3. The van der Waals surface area contributed by atoms with Gasteiger partial charge in [0.1, 0.15) is 5.82 Å². The predicted octanol–water partition coefficient (Wildman–Crippen LogP) is 4.60. The zero-order valence-electron chi connectivity index (χ0n) is 22.2. The molecule has 6 nitrogen and oxygen atoms in total. The molecule has 0 radical (unpaired) electrons. The molecule has 3 aliphatic rings. The molecule has 4 rings (SSSR count). The maximum absolute atomic E-state index is 13.0. The van der Waals surface area contributed by atoms with E-state index in [0.717, 1.165) is 29.7 Å². The van der Waals surface area contributed by atoms with Crippen LogP contribution in [0.25, 0.3) is 0 Å². The van der Waals surface area contributed by atoms with Crippen LogP contribution in [0.3, 0.4) is 0 Å². The highest BCUT2D eigenvalue weighted by atomic mass is 28.4. The van der Waals surface area contributed by atoms with E-state index >= 15 is 0 Å². The van der Waals surface area contributed by atoms with E-state index in [2.05, 4.69) is 74.6 Å². The Bertz CT molecular complexity index is 934. The third-order valence-corrected chi connectivity index (χ3v) is 13.2. The van der Waals surface area contributed by atoms with Crippen molar-refractivity contribution in [1.29, 1.82) is 0 Å². The second-order valence-corrected chi connectivity index (χ2v) is 17.7. The molecule has 1 saturated heterocycles. The number of hydrogen-bond acceptors (Lipinski definition) is 5. The van der Waals surface area contributed by atoms with Crippen molar-refractivity contribution >= 4 is 32.6 Å². The summed E-state index contributed by atoms with van der Waals surface area (Å²) in [4.78, 5) is 19.7. The molecule has 0 aromatic carbocycles. The highest BCUT2D eigenvalue weighted by Gasteiger charge is 2.53. The van der Waals surface area contributed by atoms with Gasteiger partial charge in [0.15, 0.2) is 8.32 Å². The highest BCUT2D eigenvalue weighted by molar-refractivity contribution is 6.74. The Hall–Kier alpha value is -1.22. The van der Waals surface area contributed by atoms with E-state index in [1.54, 1.807) is 0 Å². The third-order valence-electron chi connectivity index (χ3n) is 8.60. The average molecular weight is 473 g/mol. The molecule has 0 N–H and O–H groups in total. The van der Waals surface area contributed by atoms with Crippen molar-refractivity contribution in [2.45, 2.75) is 122 Å². The summed E-state index contributed by atoms with van der Waals surface area (Å²) in [6, 6.07) is 2.26. The van der Waals surface area contributed by atoms with Crippen molar-refractivity contribution in [3.8, 4) is 0 Å². The molecule has 0 unspecified atom stereocenters. The molecule has 0 atom stereocenters. The topological polar surface area (TPSA) is 60.9 Å². The van der Waals surface area contributed by atoms with Gasteiger partial charge < -0.3 is 13.7 Å². The first-order chi connectivity index (χ1) is 14.9. The number of anilines is 1. The van der Waals surface area contributed by atoms with Crippen LogP contribution >= 0.6 is 0 Å². The molecule has 1 aromatic rings. The number of carbonyl (C=O) groups is 1. The number of rotatable bonds is 4. The smallest absolute Gasteiger partial charge is 0.411 e. The fraction of sp³-hybridized carbons (Fsp3) is 0.760. The summed E-state index contributed by atoms with van der Waals surface area (Å²) in [5.41, 5.74) is 1.06. The van der Waals surface area contributed by atoms with Crippen LogP contribution in [-0.2, 0) is 25.0 Å². The minimum atomic E-state index is -1.87. The molecule has 1 saturated carbocycles. The van der Waals surface area contributed by atoms with Gasteiger partial charge in [0.25, 0.3) is 0 Å². The van der Waals surface area contributed by atoms with Gasteiger partial charge in [-0.25, -0.2) is 4.98 Å². The van der Waals surface area contributed by atoms with Gasteiger partial charge >= 0.3 is 7.12 Å². The molecule has 1 amide bonds. The Kier molecular flexibility index (Phi) is 5.76. The lowest BCUT2D eigenvalue weighted by atomic mass is 9.75. The number of pyridine rings is 1. The van der Waals surface area contributed by atoms with E-state index in [9.17, 15) is 4.79 Å². The van der Waals surface area contributed by atoms with Gasteiger partial charge in [0.2, 0.25) is 5.91 Å². The van der Waals surface area contributed by atoms with Crippen LogP contribution in [0.1, 0.15) is 80.2 Å². The van der Waals surface area contributed by atoms with Gasteiger partial charge in [-0.2, -0.15) is 0 Å². The second-order valence-electron chi connectivity index (χ2n) is 13.0. The molecular formula is C25H41BN2O4Si. The fourth-order valence-corrected chi connectivity index (χ4v) is 6.56. The summed E-state index contributed by atoms with van der Waals surface area (Å²) in [5.74, 6) is 0.962. The SMILES string of the molecule is CC1(O[Si](C)(C)C(C)(C)C)CC(N2C(=O)CCc3cc(B4OC(C)(C)C(C)(C)O4)cnc32)C1. The minimum Gasteiger partial charge on any atom is -0.411 e. The lowest BCUT2D eigenvalue weighted by molar-refractivity contribution is -0.121. The molecule has 8 heteroatoms. The molecule has 1 aromatic heterocycles. The lowest BCUT2D eigenvalue weighted by Crippen LogP contribution is -2.61. The normalized spacial score (nSPS) is 29.2. The number of aryl methyl sites for hydroxylation is 1. The zero-order chi connectivity index (χ0) is 24.6. The first kappa shape index (κ1) is 24.9. The largest absolute Gasteiger partial charge is 0.496 e. The maximum Gasteiger partial charge on any atom is 0.496 e. The summed E-state index contributed by atoms with van der Waals surface area (Å²) in [5, 5.41) is 0.167. The van der Waals surface area contributed by atoms with E-state index in [0.29, 0.717) is 12.8 Å². The summed E-state index contributed by atoms with van der Waals surface area (Å²) >= 11 is 0. The zero-order valence-corrected chi connectivity index (χ0v) is 23.2. The molecule has 2 fully saturated rings. The number of aromatic nitrogens is 1. The van der Waals surface area contributed by atoms with Crippen molar-refractivity contribution in [2.75, 3.05) is 4.90 Å². The van der Waals surface area contributed by atoms with E-state index < -0.39 is 26.6 Å². The van der Waals surface area contributed by atoms with Crippen LogP contribution in [0.2, 0.25) is 18.1 Å². The molecular weight excluding hydrogens is 431 g/mol. The Morgan fingerprint density at radius 3 is 2.21 bits per heavy atom. The number of carbonyl (C=O) groups excluding carboxylic acids is 1. The van der Waals surface area contributed by atoms with Gasteiger partial charge in [-0.3, -0.25) is 9.69 Å². The molecule has 2 aliphatic heterocycles. The summed E-state index contributed by atoms with van der Waals surface area (Å²) < 4.78 is 19.2. The van der Waals surface area contributed by atoms with E-state index in [4.69, 9.17) is 18.7 Å². The van der Waals surface area contributed by atoms with Crippen molar-refractivity contribution in [3.05, 3.63) is 17.8 Å². The summed E-state index contributed by atoms with van der Waals surface area (Å²) in [6.45, 7) is 21.8. The third kappa shape index (κ3) is 4.33. The second kappa shape index (κ2) is 7.64. The van der Waals surface area contributed by atoms with Crippen LogP contribution in [0.5, 0.6) is 0 Å². The van der Waals surface area contributed by atoms with Crippen LogP contribution in [-0.4, -0.2) is 49.2 Å². The number of hydrogen-bond donors (Lipinski definition) is 0. The van der Waals surface area contributed by atoms with Crippen molar-refractivity contribution < 1.29 is 18.5 Å². The minimum absolute atomic E-state index is 0.140. The molecule has 0 spiro atoms. The highest BCUT2D eigenvalue weighted by Crippen LogP contribution is 2.47. The van der Waals surface area contributed by atoms with Gasteiger partial charge in [0.05, 0.1) is 16.8 Å². The summed E-state index contributed by atoms with van der Waals surface area (Å²) in [7, 11) is -2.31.